The average molecular weight is 491 g/mol. The molecule has 3 fully saturated rings. The van der Waals surface area contributed by atoms with Crippen LogP contribution in [0.3, 0.4) is 0 Å². The maximum absolute atomic E-state index is 12.9. The first-order chi connectivity index (χ1) is 15.9. The molecule has 9 atom stereocenters. The van der Waals surface area contributed by atoms with Gasteiger partial charge in [-0.25, -0.2) is 0 Å². The first-order valence-electron chi connectivity index (χ1n) is 13.9. The van der Waals surface area contributed by atoms with Gasteiger partial charge in [-0.05, 0) is 92.8 Å². The van der Waals surface area contributed by atoms with Crippen molar-refractivity contribution in [1.82, 2.24) is 0 Å². The number of fused-ring (bicyclic) bond motifs is 5. The number of aliphatic hydroxyl groups excluding tert-OH is 3. The van der Waals surface area contributed by atoms with Gasteiger partial charge in [-0.3, -0.25) is 4.79 Å². The average Bonchev–Trinajstić information content (AvgIpc) is 3.07. The molecule has 4 N–H and O–H groups in total. The number of ketones is 1. The summed E-state index contributed by atoms with van der Waals surface area (Å²) in [6.45, 7) is 16.6. The molecule has 200 valence electrons. The summed E-state index contributed by atoms with van der Waals surface area (Å²) in [6, 6.07) is 0. The molecule has 0 aromatic carbocycles. The molecule has 0 bridgehead atoms. The zero-order valence-corrected chi connectivity index (χ0v) is 23.3. The number of hydrogen-bond donors (Lipinski definition) is 4. The number of carbonyl (C=O) groups excluding carboxylic acids is 1. The quantitative estimate of drug-likeness (QED) is 0.415. The fourth-order valence-corrected chi connectivity index (χ4v) is 9.77. The highest BCUT2D eigenvalue weighted by atomic mass is 16.4. The number of allylic oxidation sites excluding steroid dienone is 1. The Hall–Kier alpha value is -0.750. The molecule has 0 spiro atoms. The molecule has 5 heteroatoms. The minimum atomic E-state index is -1.36. The van der Waals surface area contributed by atoms with Crippen LogP contribution in [0.4, 0.5) is 0 Å². The summed E-state index contributed by atoms with van der Waals surface area (Å²) in [4.78, 5) is 12.9. The number of Topliss-reactive ketones (excluding diaryl/α,β-unsaturated/α-hetero) is 1. The van der Waals surface area contributed by atoms with E-state index in [-0.39, 0.29) is 33.5 Å². The van der Waals surface area contributed by atoms with Crippen LogP contribution in [0, 0.1) is 39.4 Å². The van der Waals surface area contributed by atoms with Crippen molar-refractivity contribution in [3.8, 4) is 0 Å². The van der Waals surface area contributed by atoms with E-state index in [9.17, 15) is 25.2 Å². The van der Waals surface area contributed by atoms with E-state index >= 15 is 0 Å². The van der Waals surface area contributed by atoms with Crippen LogP contribution in [0.15, 0.2) is 11.1 Å². The second-order valence-electron chi connectivity index (χ2n) is 14.5. The van der Waals surface area contributed by atoms with Crippen molar-refractivity contribution < 1.29 is 25.2 Å². The van der Waals surface area contributed by atoms with E-state index in [1.807, 2.05) is 0 Å². The summed E-state index contributed by atoms with van der Waals surface area (Å²) in [5.41, 5.74) is 0.895. The van der Waals surface area contributed by atoms with Crippen molar-refractivity contribution in [3.05, 3.63) is 11.1 Å². The smallest absolute Gasteiger partial charge is 0.138 e. The van der Waals surface area contributed by atoms with Gasteiger partial charge in [0.05, 0.1) is 17.8 Å². The molecule has 0 saturated heterocycles. The second-order valence-corrected chi connectivity index (χ2v) is 14.5. The fourth-order valence-electron chi connectivity index (χ4n) is 9.77. The van der Waals surface area contributed by atoms with E-state index in [0.29, 0.717) is 31.0 Å². The first kappa shape index (κ1) is 27.3. The lowest BCUT2D eigenvalue weighted by Crippen LogP contribution is -2.65. The minimum Gasteiger partial charge on any atom is -0.392 e. The monoisotopic (exact) mass is 490 g/mol. The van der Waals surface area contributed by atoms with Gasteiger partial charge in [0.25, 0.3) is 0 Å². The molecule has 0 heterocycles. The van der Waals surface area contributed by atoms with Crippen LogP contribution < -0.4 is 0 Å². The standard InChI is InChI=1S/C30H50O5/c1-17(15-21(32)25(34)27(4,5)35)18-9-13-29(7)19(18)16-20(31)24-28(6)12-11-23(33)26(2,3)22(28)10-14-30(24,29)8/h17,20-22,24-25,31-32,34-35H,9-16H2,1-8H3/t17?,20-,21-,22-,24-,25+,28-,29-,30-/m0/s1. The molecule has 0 aromatic heterocycles. The summed E-state index contributed by atoms with van der Waals surface area (Å²) >= 11 is 0. The zero-order chi connectivity index (χ0) is 26.4. The van der Waals surface area contributed by atoms with Gasteiger partial charge in [0, 0.05) is 11.8 Å². The third-order valence-corrected chi connectivity index (χ3v) is 11.9. The summed E-state index contributed by atoms with van der Waals surface area (Å²) in [6.07, 6.45) is 3.96. The van der Waals surface area contributed by atoms with Crippen molar-refractivity contribution in [1.29, 1.82) is 0 Å². The number of hydrogen-bond acceptors (Lipinski definition) is 5. The van der Waals surface area contributed by atoms with E-state index in [2.05, 4.69) is 41.5 Å². The zero-order valence-electron chi connectivity index (χ0n) is 23.3. The van der Waals surface area contributed by atoms with Gasteiger partial charge in [0.15, 0.2) is 0 Å². The molecule has 4 aliphatic rings. The molecule has 35 heavy (non-hydrogen) atoms. The highest BCUT2D eigenvalue weighted by molar-refractivity contribution is 5.85. The maximum Gasteiger partial charge on any atom is 0.138 e. The van der Waals surface area contributed by atoms with Crippen LogP contribution in [0.1, 0.15) is 107 Å². The molecular formula is C30H50O5. The Labute approximate surface area is 212 Å². The lowest BCUT2D eigenvalue weighted by atomic mass is 9.36. The first-order valence-corrected chi connectivity index (χ1v) is 13.9. The summed E-state index contributed by atoms with van der Waals surface area (Å²) in [5, 5.41) is 43.0. The van der Waals surface area contributed by atoms with Crippen LogP contribution in [0.5, 0.6) is 0 Å². The molecule has 0 amide bonds. The highest BCUT2D eigenvalue weighted by Crippen LogP contribution is 2.74. The Bertz CT molecular complexity index is 899. The van der Waals surface area contributed by atoms with Gasteiger partial charge in [0.2, 0.25) is 0 Å². The van der Waals surface area contributed by atoms with Crippen LogP contribution in [0.2, 0.25) is 0 Å². The minimum absolute atomic E-state index is 0.0140. The van der Waals surface area contributed by atoms with Crippen LogP contribution in [-0.2, 0) is 4.79 Å². The predicted octanol–water partition coefficient (Wildman–Crippen LogP) is 4.79. The molecule has 1 unspecified atom stereocenters. The van der Waals surface area contributed by atoms with Gasteiger partial charge in [-0.2, -0.15) is 0 Å². The molecule has 5 nitrogen and oxygen atoms in total. The third kappa shape index (κ3) is 3.82. The van der Waals surface area contributed by atoms with Gasteiger partial charge < -0.3 is 20.4 Å². The number of rotatable bonds is 5. The molecule has 0 aromatic rings. The van der Waals surface area contributed by atoms with Crippen molar-refractivity contribution in [2.75, 3.05) is 0 Å². The summed E-state index contributed by atoms with van der Waals surface area (Å²) in [7, 11) is 0. The predicted molar refractivity (Wildman–Crippen MR) is 138 cm³/mol. The maximum atomic E-state index is 12.9. The number of aliphatic hydroxyl groups is 4. The van der Waals surface area contributed by atoms with Crippen LogP contribution in [0.25, 0.3) is 0 Å². The summed E-state index contributed by atoms with van der Waals surface area (Å²) in [5.74, 6) is 0.914. The van der Waals surface area contributed by atoms with E-state index in [0.717, 1.165) is 32.1 Å². The lowest BCUT2D eigenvalue weighted by molar-refractivity contribution is -0.208. The topological polar surface area (TPSA) is 98.0 Å². The van der Waals surface area contributed by atoms with Crippen molar-refractivity contribution in [2.24, 2.45) is 39.4 Å². The SMILES string of the molecule is CC(C[C@H](O)[C@@H](O)C(C)(C)O)C1=C2C[C@H](O)[C@H]3[C@@]4(C)CCC(=O)C(C)(C)[C@@H]4CC[C@]3(C)[C@@]2(C)CC1. The summed E-state index contributed by atoms with van der Waals surface area (Å²) < 4.78 is 0. The van der Waals surface area contributed by atoms with E-state index in [1.54, 1.807) is 0 Å². The van der Waals surface area contributed by atoms with Gasteiger partial charge >= 0.3 is 0 Å². The Morgan fingerprint density at radius 2 is 1.66 bits per heavy atom. The van der Waals surface area contributed by atoms with E-state index in [4.69, 9.17) is 0 Å². The van der Waals surface area contributed by atoms with Crippen molar-refractivity contribution >= 4 is 5.78 Å². The van der Waals surface area contributed by atoms with Crippen LogP contribution in [-0.4, -0.2) is 50.1 Å². The highest BCUT2D eigenvalue weighted by Gasteiger charge is 2.69. The third-order valence-electron chi connectivity index (χ3n) is 11.9. The largest absolute Gasteiger partial charge is 0.392 e. The molecule has 3 saturated carbocycles. The molecule has 0 radical (unpaired) electrons. The van der Waals surface area contributed by atoms with Gasteiger partial charge in [-0.1, -0.05) is 52.7 Å². The van der Waals surface area contributed by atoms with Gasteiger partial charge in [-0.15, -0.1) is 0 Å². The lowest BCUT2D eigenvalue weighted by Gasteiger charge is -2.69. The molecular weight excluding hydrogens is 440 g/mol. The number of carbonyl (C=O) groups is 1. The molecule has 4 aliphatic carbocycles. The Morgan fingerprint density at radius 3 is 2.26 bits per heavy atom. The Balaban J connectivity index is 1.68. The van der Waals surface area contributed by atoms with E-state index in [1.165, 1.54) is 25.0 Å². The molecule has 0 aliphatic heterocycles. The Morgan fingerprint density at radius 1 is 1.03 bits per heavy atom. The van der Waals surface area contributed by atoms with Crippen LogP contribution >= 0.6 is 0 Å². The van der Waals surface area contributed by atoms with E-state index < -0.39 is 23.9 Å². The molecule has 4 rings (SSSR count). The Kier molecular flexibility index (Phi) is 6.53. The second kappa shape index (κ2) is 8.38. The van der Waals surface area contributed by atoms with Gasteiger partial charge in [0.1, 0.15) is 11.9 Å². The van der Waals surface area contributed by atoms with Crippen molar-refractivity contribution in [2.45, 2.75) is 131 Å². The fraction of sp³-hybridized carbons (Fsp3) is 0.900. The van der Waals surface area contributed by atoms with Crippen molar-refractivity contribution in [3.63, 3.8) is 0 Å². The normalized spacial score (nSPS) is 43.8.